The summed E-state index contributed by atoms with van der Waals surface area (Å²) < 4.78 is 44.0. The molecule has 1 aromatic rings. The van der Waals surface area contributed by atoms with Crippen LogP contribution in [-0.4, -0.2) is 24.2 Å². The van der Waals surface area contributed by atoms with E-state index in [-0.39, 0.29) is 9.50 Å². The monoisotopic (exact) mass is 394 g/mol. The van der Waals surface area contributed by atoms with Crippen molar-refractivity contribution in [2.45, 2.75) is 6.36 Å². The molecule has 0 bridgehead atoms. The summed E-state index contributed by atoms with van der Waals surface area (Å²) in [5.41, 5.74) is -0.667. The summed E-state index contributed by atoms with van der Waals surface area (Å²) >= 11 is 13.7. The van der Waals surface area contributed by atoms with Crippen LogP contribution in [0.1, 0.15) is 10.4 Å². The highest BCUT2D eigenvalue weighted by Gasteiger charge is 2.36. The fourth-order valence-corrected chi connectivity index (χ4v) is 2.06. The first-order valence-electron chi connectivity index (χ1n) is 4.70. The van der Waals surface area contributed by atoms with E-state index in [0.29, 0.717) is 0 Å². The van der Waals surface area contributed by atoms with E-state index in [4.69, 9.17) is 23.2 Å². The van der Waals surface area contributed by atoms with Crippen molar-refractivity contribution in [1.82, 2.24) is 0 Å². The number of hydrogen-bond acceptors (Lipinski definition) is 4. The van der Waals surface area contributed by atoms with Crippen LogP contribution in [0.4, 0.5) is 13.2 Å². The van der Waals surface area contributed by atoms with Gasteiger partial charge in [-0.05, 0) is 28.1 Å². The van der Waals surface area contributed by atoms with E-state index >= 15 is 0 Å². The maximum atomic E-state index is 12.0. The summed E-state index contributed by atoms with van der Waals surface area (Å²) in [7, 11) is 0. The molecule has 0 fully saturated rings. The molecule has 0 amide bonds. The van der Waals surface area contributed by atoms with Crippen LogP contribution in [-0.2, 0) is 9.53 Å². The number of rotatable bonds is 3. The number of benzene rings is 1. The molecule has 0 heterocycles. The van der Waals surface area contributed by atoms with Gasteiger partial charge in [0, 0.05) is 5.02 Å². The minimum Gasteiger partial charge on any atom is -0.424 e. The van der Waals surface area contributed by atoms with Gasteiger partial charge in [-0.25, -0.2) is 4.79 Å². The smallest absolute Gasteiger partial charge is 0.424 e. The molecule has 110 valence electrons. The van der Waals surface area contributed by atoms with E-state index < -0.39 is 35.5 Å². The Morgan fingerprint density at radius 1 is 1.30 bits per heavy atom. The summed E-state index contributed by atoms with van der Waals surface area (Å²) in [5.74, 6) is -3.74. The normalized spacial score (nSPS) is 11.1. The van der Waals surface area contributed by atoms with Crippen molar-refractivity contribution in [2.75, 3.05) is 5.88 Å². The molecule has 0 aliphatic rings. The summed E-state index contributed by atoms with van der Waals surface area (Å²) in [6.07, 6.45) is -5.18. The van der Waals surface area contributed by atoms with Crippen molar-refractivity contribution in [3.05, 3.63) is 27.2 Å². The lowest BCUT2D eigenvalue weighted by molar-refractivity contribution is -0.291. The van der Waals surface area contributed by atoms with Crippen molar-refractivity contribution in [1.29, 1.82) is 0 Å². The number of carbonyl (C=O) groups is 2. The number of hydrogen-bond donors (Lipinski definition) is 0. The van der Waals surface area contributed by atoms with Crippen LogP contribution in [0.5, 0.6) is 5.75 Å². The van der Waals surface area contributed by atoms with Crippen LogP contribution in [0.2, 0.25) is 5.02 Å². The number of esters is 2. The lowest BCUT2D eigenvalue weighted by Gasteiger charge is -2.12. The van der Waals surface area contributed by atoms with Crippen LogP contribution in [0, 0.1) is 0 Å². The zero-order chi connectivity index (χ0) is 15.5. The molecule has 0 unspecified atom stereocenters. The highest BCUT2D eigenvalue weighted by molar-refractivity contribution is 9.10. The Balaban J connectivity index is 3.22. The molecule has 4 nitrogen and oxygen atoms in total. The van der Waals surface area contributed by atoms with Gasteiger partial charge in [-0.1, -0.05) is 11.6 Å². The first-order chi connectivity index (χ1) is 9.14. The SMILES string of the molecule is O=C(CCl)Oc1c(Br)cc(Cl)cc1C(=O)OC(F)(F)F. The zero-order valence-electron chi connectivity index (χ0n) is 9.26. The van der Waals surface area contributed by atoms with Crippen LogP contribution < -0.4 is 4.74 Å². The first-order valence-corrected chi connectivity index (χ1v) is 6.40. The Bertz CT molecular complexity index is 548. The largest absolute Gasteiger partial charge is 0.575 e. The number of alkyl halides is 4. The van der Waals surface area contributed by atoms with E-state index in [0.717, 1.165) is 6.07 Å². The van der Waals surface area contributed by atoms with Gasteiger partial charge < -0.3 is 9.47 Å². The molecular formula is C10H4BrCl2F3O4. The molecule has 0 aromatic heterocycles. The average molecular weight is 396 g/mol. The molecule has 0 spiro atoms. The topological polar surface area (TPSA) is 52.6 Å². The fourth-order valence-electron chi connectivity index (χ4n) is 1.12. The average Bonchev–Trinajstić information content (AvgIpc) is 2.29. The van der Waals surface area contributed by atoms with Gasteiger partial charge in [0.2, 0.25) is 0 Å². The molecule has 10 heteroatoms. The Morgan fingerprint density at radius 3 is 2.40 bits per heavy atom. The number of carbonyl (C=O) groups excluding carboxylic acids is 2. The molecule has 1 rings (SSSR count). The van der Waals surface area contributed by atoms with Crippen LogP contribution in [0.3, 0.4) is 0 Å². The predicted octanol–water partition coefficient (Wildman–Crippen LogP) is 3.92. The molecule has 0 saturated heterocycles. The first kappa shape index (κ1) is 17.1. The Morgan fingerprint density at radius 2 is 1.90 bits per heavy atom. The standard InChI is InChI=1S/C10H4BrCl2F3O4/c11-6-2-4(13)1-5(8(6)19-7(17)3-12)9(18)20-10(14,15)16/h1-2H,3H2. The van der Waals surface area contributed by atoms with Crippen molar-refractivity contribution in [2.24, 2.45) is 0 Å². The maximum Gasteiger partial charge on any atom is 0.575 e. The quantitative estimate of drug-likeness (QED) is 0.442. The van der Waals surface area contributed by atoms with Gasteiger partial charge in [0.25, 0.3) is 0 Å². The summed E-state index contributed by atoms with van der Waals surface area (Å²) in [4.78, 5) is 22.5. The van der Waals surface area contributed by atoms with Crippen LogP contribution >= 0.6 is 39.1 Å². The highest BCUT2D eigenvalue weighted by Crippen LogP contribution is 2.34. The van der Waals surface area contributed by atoms with Gasteiger partial charge in [-0.15, -0.1) is 24.8 Å². The predicted molar refractivity (Wildman–Crippen MR) is 67.0 cm³/mol. The van der Waals surface area contributed by atoms with E-state index in [1.165, 1.54) is 6.07 Å². The molecular weight excluding hydrogens is 392 g/mol. The molecule has 0 radical (unpaired) electrons. The molecule has 20 heavy (non-hydrogen) atoms. The van der Waals surface area contributed by atoms with Gasteiger partial charge in [-0.2, -0.15) is 0 Å². The lowest BCUT2D eigenvalue weighted by atomic mass is 10.2. The number of halogens is 6. The molecule has 0 atom stereocenters. The third kappa shape index (κ3) is 4.84. The molecule has 0 aliphatic heterocycles. The van der Waals surface area contributed by atoms with E-state index in [9.17, 15) is 22.8 Å². The van der Waals surface area contributed by atoms with Crippen molar-refractivity contribution >= 4 is 51.1 Å². The third-order valence-electron chi connectivity index (χ3n) is 1.76. The second kappa shape index (κ2) is 6.64. The zero-order valence-corrected chi connectivity index (χ0v) is 12.4. The third-order valence-corrected chi connectivity index (χ3v) is 2.79. The van der Waals surface area contributed by atoms with Gasteiger partial charge in [0.15, 0.2) is 5.75 Å². The summed E-state index contributed by atoms with van der Waals surface area (Å²) in [6.45, 7) is 0. The second-order valence-electron chi connectivity index (χ2n) is 3.21. The second-order valence-corrected chi connectivity index (χ2v) is 4.77. The van der Waals surface area contributed by atoms with Crippen LogP contribution in [0.15, 0.2) is 16.6 Å². The van der Waals surface area contributed by atoms with Crippen molar-refractivity contribution in [3.63, 3.8) is 0 Å². The summed E-state index contributed by atoms with van der Waals surface area (Å²) in [6, 6.07) is 2.10. The molecule has 0 N–H and O–H groups in total. The van der Waals surface area contributed by atoms with Gasteiger partial charge in [-0.3, -0.25) is 4.79 Å². The number of ether oxygens (including phenoxy) is 2. The molecule has 0 aliphatic carbocycles. The fraction of sp³-hybridized carbons (Fsp3) is 0.200. The van der Waals surface area contributed by atoms with Gasteiger partial charge in [0.05, 0.1) is 4.47 Å². The molecule has 1 aromatic carbocycles. The molecule has 0 saturated carbocycles. The van der Waals surface area contributed by atoms with Crippen molar-refractivity contribution in [3.8, 4) is 5.75 Å². The Hall–Kier alpha value is -0.990. The Kier molecular flexibility index (Phi) is 5.67. The van der Waals surface area contributed by atoms with E-state index in [1.54, 1.807) is 0 Å². The van der Waals surface area contributed by atoms with Crippen molar-refractivity contribution < 1.29 is 32.2 Å². The minimum atomic E-state index is -5.18. The minimum absolute atomic E-state index is 0.00223. The Labute approximate surface area is 128 Å². The highest BCUT2D eigenvalue weighted by atomic mass is 79.9. The summed E-state index contributed by atoms with van der Waals surface area (Å²) in [5, 5.41) is -0.0586. The van der Waals surface area contributed by atoms with Gasteiger partial charge in [0.1, 0.15) is 11.4 Å². The lowest BCUT2D eigenvalue weighted by Crippen LogP contribution is -2.21. The van der Waals surface area contributed by atoms with E-state index in [1.807, 2.05) is 0 Å². The van der Waals surface area contributed by atoms with E-state index in [2.05, 4.69) is 25.4 Å². The van der Waals surface area contributed by atoms with Gasteiger partial charge >= 0.3 is 18.3 Å². The maximum absolute atomic E-state index is 12.0. The van der Waals surface area contributed by atoms with Crippen LogP contribution in [0.25, 0.3) is 0 Å².